The second kappa shape index (κ2) is 7.38. The second-order valence-corrected chi connectivity index (χ2v) is 11.6. The normalized spacial score (nSPS) is 35.1. The fourth-order valence-corrected chi connectivity index (χ4v) is 8.99. The van der Waals surface area contributed by atoms with Crippen LogP contribution in [0.25, 0.3) is 10.8 Å². The van der Waals surface area contributed by atoms with E-state index in [4.69, 9.17) is 6.42 Å². The van der Waals surface area contributed by atoms with Crippen molar-refractivity contribution in [2.75, 3.05) is 11.5 Å². The van der Waals surface area contributed by atoms with Gasteiger partial charge < -0.3 is 5.11 Å². The van der Waals surface area contributed by atoms with E-state index in [0.717, 1.165) is 36.3 Å². The molecule has 5 rings (SSSR count). The van der Waals surface area contributed by atoms with Crippen molar-refractivity contribution < 1.29 is 5.11 Å². The predicted octanol–water partition coefficient (Wildman–Crippen LogP) is 5.63. The fraction of sp³-hybridized carbons (Fsp3) is 0.480. The van der Waals surface area contributed by atoms with Crippen molar-refractivity contribution in [3.63, 3.8) is 0 Å². The summed E-state index contributed by atoms with van der Waals surface area (Å²) in [6, 6.07) is 8.82. The number of aromatic nitrogens is 1. The maximum absolute atomic E-state index is 11.8. The number of pyridine rings is 1. The van der Waals surface area contributed by atoms with Crippen molar-refractivity contribution in [2.24, 2.45) is 11.3 Å². The minimum atomic E-state index is -1.12. The first-order valence-electron chi connectivity index (χ1n) is 10.5. The Bertz CT molecular complexity index is 1010. The average Bonchev–Trinajstić information content (AvgIpc) is 3.12. The van der Waals surface area contributed by atoms with Crippen LogP contribution in [0.3, 0.4) is 0 Å². The summed E-state index contributed by atoms with van der Waals surface area (Å²) in [6.07, 6.45) is 16.4. The number of hydrogen-bond donors (Lipinski definition) is 1. The van der Waals surface area contributed by atoms with Gasteiger partial charge in [-0.15, -0.1) is 29.9 Å². The van der Waals surface area contributed by atoms with E-state index in [9.17, 15) is 5.11 Å². The van der Waals surface area contributed by atoms with Crippen molar-refractivity contribution in [2.45, 2.75) is 48.7 Å². The lowest BCUT2D eigenvalue weighted by atomic mass is 9.59. The van der Waals surface area contributed by atoms with Crippen LogP contribution in [0.2, 0.25) is 0 Å². The summed E-state index contributed by atoms with van der Waals surface area (Å²) in [5.74, 6) is 5.71. The minimum absolute atomic E-state index is 0.0233. The van der Waals surface area contributed by atoms with Crippen molar-refractivity contribution in [1.82, 2.24) is 4.98 Å². The molecule has 1 N–H and O–H groups in total. The summed E-state index contributed by atoms with van der Waals surface area (Å²) in [5, 5.41) is 14.2. The van der Waals surface area contributed by atoms with Gasteiger partial charge in [-0.05, 0) is 77.2 Å². The molecule has 4 heteroatoms. The van der Waals surface area contributed by atoms with Gasteiger partial charge in [-0.25, -0.2) is 0 Å². The molecule has 1 saturated carbocycles. The molecule has 29 heavy (non-hydrogen) atoms. The zero-order valence-corrected chi connectivity index (χ0v) is 18.4. The van der Waals surface area contributed by atoms with Crippen LogP contribution in [0.1, 0.15) is 44.1 Å². The maximum atomic E-state index is 11.8. The highest BCUT2D eigenvalue weighted by Crippen LogP contribution is 2.63. The Hall–Kier alpha value is -1.41. The number of nitrogens with zero attached hydrogens (tertiary/aromatic N) is 1. The van der Waals surface area contributed by atoms with Crippen LogP contribution in [0.5, 0.6) is 0 Å². The highest BCUT2D eigenvalue weighted by Gasteiger charge is 2.59. The molecule has 0 spiro atoms. The lowest BCUT2D eigenvalue weighted by molar-refractivity contribution is 0.00128. The van der Waals surface area contributed by atoms with Crippen LogP contribution < -0.4 is 0 Å². The first-order chi connectivity index (χ1) is 14.1. The molecule has 1 aromatic carbocycles. The molecule has 1 saturated heterocycles. The average molecular weight is 422 g/mol. The van der Waals surface area contributed by atoms with Gasteiger partial charge in [0, 0.05) is 23.7 Å². The van der Waals surface area contributed by atoms with Gasteiger partial charge in [0.2, 0.25) is 0 Å². The quantitative estimate of drug-likeness (QED) is 0.504. The van der Waals surface area contributed by atoms with Crippen LogP contribution in [0.15, 0.2) is 48.3 Å². The van der Waals surface area contributed by atoms with E-state index in [0.29, 0.717) is 10.5 Å². The van der Waals surface area contributed by atoms with Gasteiger partial charge in [0.15, 0.2) is 5.60 Å². The Kier molecular flexibility index (Phi) is 4.97. The predicted molar refractivity (Wildman–Crippen MR) is 125 cm³/mol. The topological polar surface area (TPSA) is 33.1 Å². The van der Waals surface area contributed by atoms with E-state index in [2.05, 4.69) is 48.2 Å². The summed E-state index contributed by atoms with van der Waals surface area (Å²) in [5.41, 5.74) is 1.31. The molecule has 0 radical (unpaired) electrons. The fourth-order valence-electron chi connectivity index (χ4n) is 5.89. The third-order valence-electron chi connectivity index (χ3n) is 7.41. The third kappa shape index (κ3) is 3.05. The summed E-state index contributed by atoms with van der Waals surface area (Å²) >= 11 is 3.90. The number of fused-ring (bicyclic) bond motifs is 2. The SMILES string of the molecule is C#C[C@@]1(O)C(C2SCCCS2)=CC[C@]2(C)[C@@H](c3ccc4ccncc4c3)CC[C@H]21. The van der Waals surface area contributed by atoms with Crippen LogP contribution in [0, 0.1) is 23.7 Å². The molecule has 0 amide bonds. The molecule has 2 aromatic rings. The molecule has 1 aliphatic heterocycles. The first-order valence-corrected chi connectivity index (χ1v) is 12.6. The number of allylic oxidation sites excluding steroid dienone is 1. The van der Waals surface area contributed by atoms with E-state index in [1.165, 1.54) is 22.8 Å². The number of thioether (sulfide) groups is 2. The summed E-state index contributed by atoms with van der Waals surface area (Å²) in [4.78, 5) is 4.30. The molecule has 4 atom stereocenters. The first kappa shape index (κ1) is 19.5. The van der Waals surface area contributed by atoms with Crippen molar-refractivity contribution in [1.29, 1.82) is 0 Å². The standard InChI is InChI=1S/C25H27NOS2/c1-3-25(27)21(23-28-13-4-14-29-23)9-11-24(2)20(7-8-22(24)25)18-6-5-17-10-12-26-16-19(17)15-18/h1,5-6,9-10,12,15-16,20,22-23,27H,4,7-8,11,13-14H2,2H3/t20-,22-,24-,25-/m1/s1. The Labute approximate surface area is 182 Å². The zero-order chi connectivity index (χ0) is 20.1. The molecule has 0 bridgehead atoms. The van der Waals surface area contributed by atoms with Crippen molar-refractivity contribution in [3.05, 3.63) is 53.9 Å². The van der Waals surface area contributed by atoms with Gasteiger partial charge in [-0.3, -0.25) is 4.98 Å². The van der Waals surface area contributed by atoms with Gasteiger partial charge >= 0.3 is 0 Å². The van der Waals surface area contributed by atoms with Crippen LogP contribution in [0.4, 0.5) is 0 Å². The van der Waals surface area contributed by atoms with Gasteiger partial charge in [-0.1, -0.05) is 31.1 Å². The number of aliphatic hydroxyl groups is 1. The number of hydrogen-bond acceptors (Lipinski definition) is 4. The Morgan fingerprint density at radius 1 is 1.17 bits per heavy atom. The molecule has 2 nitrogen and oxygen atoms in total. The molecule has 150 valence electrons. The number of benzene rings is 1. The number of rotatable bonds is 2. The van der Waals surface area contributed by atoms with Crippen LogP contribution >= 0.6 is 23.5 Å². The van der Waals surface area contributed by atoms with Crippen molar-refractivity contribution >= 4 is 34.3 Å². The van der Waals surface area contributed by atoms with Crippen molar-refractivity contribution in [3.8, 4) is 12.3 Å². The Morgan fingerprint density at radius 2 is 2.00 bits per heavy atom. The van der Waals surface area contributed by atoms with E-state index >= 15 is 0 Å². The summed E-state index contributed by atoms with van der Waals surface area (Å²) in [7, 11) is 0. The molecular formula is C25H27NOS2. The van der Waals surface area contributed by atoms with Crippen LogP contribution in [-0.2, 0) is 0 Å². The number of terminal acetylenes is 1. The molecule has 2 heterocycles. The van der Waals surface area contributed by atoms with Gasteiger partial charge in [-0.2, -0.15) is 0 Å². The van der Waals surface area contributed by atoms with Gasteiger partial charge in [0.25, 0.3) is 0 Å². The monoisotopic (exact) mass is 421 g/mol. The summed E-state index contributed by atoms with van der Waals surface area (Å²) in [6.45, 7) is 2.35. The second-order valence-electron chi connectivity index (χ2n) is 8.87. The largest absolute Gasteiger partial charge is 0.373 e. The molecule has 1 aromatic heterocycles. The zero-order valence-electron chi connectivity index (χ0n) is 16.8. The highest BCUT2D eigenvalue weighted by molar-refractivity contribution is 8.17. The van der Waals surface area contributed by atoms with E-state index < -0.39 is 5.60 Å². The minimum Gasteiger partial charge on any atom is -0.373 e. The summed E-state index contributed by atoms with van der Waals surface area (Å²) < 4.78 is 0.306. The van der Waals surface area contributed by atoms with E-state index in [-0.39, 0.29) is 11.3 Å². The molecule has 2 fully saturated rings. The van der Waals surface area contributed by atoms with Crippen LogP contribution in [-0.4, -0.2) is 31.8 Å². The smallest absolute Gasteiger partial charge is 0.151 e. The Morgan fingerprint density at radius 3 is 2.79 bits per heavy atom. The van der Waals surface area contributed by atoms with E-state index in [1.807, 2.05) is 35.9 Å². The molecular weight excluding hydrogens is 394 g/mol. The molecule has 2 aliphatic carbocycles. The third-order valence-corrected chi connectivity index (χ3v) is 10.4. The Balaban J connectivity index is 1.53. The van der Waals surface area contributed by atoms with Gasteiger partial charge in [0.1, 0.15) is 0 Å². The lowest BCUT2D eigenvalue weighted by Gasteiger charge is -2.49. The van der Waals surface area contributed by atoms with E-state index in [1.54, 1.807) is 0 Å². The molecule has 0 unspecified atom stereocenters. The maximum Gasteiger partial charge on any atom is 0.151 e. The lowest BCUT2D eigenvalue weighted by Crippen LogP contribution is -2.50. The van der Waals surface area contributed by atoms with Gasteiger partial charge in [0.05, 0.1) is 4.58 Å². The molecule has 3 aliphatic rings. The highest BCUT2D eigenvalue weighted by atomic mass is 32.2.